The van der Waals surface area contributed by atoms with Gasteiger partial charge in [-0.2, -0.15) is 0 Å². The number of ketones is 1. The molecular weight excluding hydrogens is 360 g/mol. The molecule has 29 heavy (non-hydrogen) atoms. The number of rotatable bonds is 7. The molecule has 0 saturated carbocycles. The molecule has 148 valence electrons. The van der Waals surface area contributed by atoms with Gasteiger partial charge in [-0.05, 0) is 32.9 Å². The molecule has 0 spiro atoms. The minimum Gasteiger partial charge on any atom is -0.326 e. The number of hydrogen-bond acceptors (Lipinski definition) is 2. The second-order valence-electron chi connectivity index (χ2n) is 7.41. The van der Waals surface area contributed by atoms with Crippen molar-refractivity contribution >= 4 is 17.4 Å². The number of carbonyl (C=O) groups is 2. The summed E-state index contributed by atoms with van der Waals surface area (Å²) in [6.45, 7) is 5.48. The molecule has 0 bridgehead atoms. The normalized spacial score (nSPS) is 12.8. The summed E-state index contributed by atoms with van der Waals surface area (Å²) in [6, 6.07) is 25.3. The van der Waals surface area contributed by atoms with Crippen molar-refractivity contribution in [1.82, 2.24) is 0 Å². The fraction of sp³-hybridized carbons (Fsp3) is 0.200. The van der Waals surface area contributed by atoms with E-state index in [-0.39, 0.29) is 23.8 Å². The summed E-state index contributed by atoms with van der Waals surface area (Å²) in [5.41, 5.74) is 4.72. The van der Waals surface area contributed by atoms with Crippen LogP contribution < -0.4 is 10.6 Å². The highest BCUT2D eigenvalue weighted by Gasteiger charge is 2.25. The quantitative estimate of drug-likeness (QED) is 0.605. The highest BCUT2D eigenvalue weighted by atomic mass is 16.2. The molecule has 3 aromatic rings. The van der Waals surface area contributed by atoms with E-state index in [0.29, 0.717) is 11.3 Å². The van der Waals surface area contributed by atoms with Crippen molar-refractivity contribution in [3.8, 4) is 0 Å². The monoisotopic (exact) mass is 387 g/mol. The van der Waals surface area contributed by atoms with E-state index in [1.807, 2.05) is 25.1 Å². The van der Waals surface area contributed by atoms with Crippen LogP contribution in [0.15, 0.2) is 78.9 Å². The van der Waals surface area contributed by atoms with Gasteiger partial charge in [0.1, 0.15) is 6.04 Å². The minimum atomic E-state index is -0.317. The van der Waals surface area contributed by atoms with Crippen molar-refractivity contribution in [3.63, 3.8) is 0 Å². The Morgan fingerprint density at radius 2 is 1.52 bits per heavy atom. The lowest BCUT2D eigenvalue weighted by molar-refractivity contribution is -0.704. The van der Waals surface area contributed by atoms with Crippen molar-refractivity contribution < 1.29 is 14.9 Å². The Bertz CT molecular complexity index is 981. The topological polar surface area (TPSA) is 62.8 Å². The highest BCUT2D eigenvalue weighted by Crippen LogP contribution is 2.19. The molecule has 0 aliphatic rings. The average molecular weight is 388 g/mol. The van der Waals surface area contributed by atoms with Gasteiger partial charge in [-0.1, -0.05) is 72.3 Å². The summed E-state index contributed by atoms with van der Waals surface area (Å²) in [4.78, 5) is 24.4. The van der Waals surface area contributed by atoms with E-state index in [9.17, 15) is 9.59 Å². The molecule has 3 aromatic carbocycles. The Morgan fingerprint density at radius 1 is 0.862 bits per heavy atom. The number of anilines is 1. The van der Waals surface area contributed by atoms with E-state index in [2.05, 4.69) is 54.0 Å². The number of carbonyl (C=O) groups excluding carboxylic acids is 2. The Hall–Kier alpha value is -3.24. The van der Waals surface area contributed by atoms with Gasteiger partial charge in [0.05, 0.1) is 0 Å². The highest BCUT2D eigenvalue weighted by molar-refractivity contribution is 5.97. The smallest absolute Gasteiger partial charge is 0.282 e. The van der Waals surface area contributed by atoms with Crippen LogP contribution in [0.25, 0.3) is 0 Å². The van der Waals surface area contributed by atoms with Gasteiger partial charge in [0.25, 0.3) is 5.91 Å². The van der Waals surface area contributed by atoms with Crippen LogP contribution in [0, 0.1) is 6.92 Å². The maximum absolute atomic E-state index is 12.8. The first-order valence-electron chi connectivity index (χ1n) is 9.82. The zero-order chi connectivity index (χ0) is 20.8. The predicted molar refractivity (Wildman–Crippen MR) is 116 cm³/mol. The van der Waals surface area contributed by atoms with Gasteiger partial charge in [0.15, 0.2) is 11.8 Å². The first-order chi connectivity index (χ1) is 13.9. The van der Waals surface area contributed by atoms with E-state index in [0.717, 1.165) is 11.1 Å². The Morgan fingerprint density at radius 3 is 2.17 bits per heavy atom. The molecule has 0 radical (unpaired) electrons. The van der Waals surface area contributed by atoms with Crippen LogP contribution in [-0.4, -0.2) is 17.7 Å². The standard InChI is InChI=1S/C25H26N2O2/c1-17-12-14-21(15-13-17)24(20-8-5-4-6-9-20)26-18(2)25(29)27-23-11-7-10-22(16-23)19(3)28/h4-16,18,24,26H,1-3H3,(H,27,29)/p+1/t18-,24+/m0/s1. The molecule has 3 rings (SSSR count). The molecule has 0 aliphatic heterocycles. The zero-order valence-corrected chi connectivity index (χ0v) is 17.1. The van der Waals surface area contributed by atoms with Gasteiger partial charge < -0.3 is 10.6 Å². The lowest BCUT2D eigenvalue weighted by atomic mass is 9.97. The first kappa shape index (κ1) is 20.5. The molecule has 2 atom stereocenters. The molecule has 0 aromatic heterocycles. The number of aryl methyl sites for hydroxylation is 1. The summed E-state index contributed by atoms with van der Waals surface area (Å²) < 4.78 is 0. The van der Waals surface area contributed by atoms with Crippen LogP contribution in [0.4, 0.5) is 5.69 Å². The molecule has 0 aliphatic carbocycles. The molecule has 0 unspecified atom stereocenters. The van der Waals surface area contributed by atoms with Crippen molar-refractivity contribution in [2.75, 3.05) is 5.32 Å². The minimum absolute atomic E-state index is 0.0149. The molecule has 0 fully saturated rings. The molecular formula is C25H27N2O2+. The lowest BCUT2D eigenvalue weighted by Crippen LogP contribution is -2.92. The molecule has 0 heterocycles. The number of amides is 1. The zero-order valence-electron chi connectivity index (χ0n) is 17.1. The molecule has 3 N–H and O–H groups in total. The molecule has 4 heteroatoms. The van der Waals surface area contributed by atoms with Gasteiger partial charge in [0.2, 0.25) is 0 Å². The van der Waals surface area contributed by atoms with Crippen LogP contribution in [-0.2, 0) is 4.79 Å². The second kappa shape index (κ2) is 9.30. The van der Waals surface area contributed by atoms with Crippen LogP contribution in [0.5, 0.6) is 0 Å². The van der Waals surface area contributed by atoms with Crippen LogP contribution >= 0.6 is 0 Å². The Kier molecular flexibility index (Phi) is 6.57. The number of quaternary nitrogens is 1. The largest absolute Gasteiger partial charge is 0.326 e. The summed E-state index contributed by atoms with van der Waals surface area (Å²) in [5.74, 6) is -0.122. The SMILES string of the molecule is CC(=O)c1cccc(NC(=O)[C@H](C)[NH2+][C@H](c2ccccc2)c2ccc(C)cc2)c1. The Balaban J connectivity index is 1.78. The fourth-order valence-corrected chi connectivity index (χ4v) is 3.30. The third-order valence-corrected chi connectivity index (χ3v) is 5.03. The maximum atomic E-state index is 12.8. The molecule has 0 saturated heterocycles. The molecule has 1 amide bonds. The van der Waals surface area contributed by atoms with Gasteiger partial charge in [-0.25, -0.2) is 0 Å². The number of Topliss-reactive ketones (excluding diaryl/α,β-unsaturated/α-hetero) is 1. The Labute approximate surface area is 172 Å². The van der Waals surface area contributed by atoms with Gasteiger partial charge in [-0.3, -0.25) is 9.59 Å². The third kappa shape index (κ3) is 5.39. The summed E-state index contributed by atoms with van der Waals surface area (Å²) in [6.07, 6.45) is 0. The number of nitrogens with one attached hydrogen (secondary N) is 1. The van der Waals surface area contributed by atoms with E-state index in [1.165, 1.54) is 12.5 Å². The van der Waals surface area contributed by atoms with Crippen LogP contribution in [0.3, 0.4) is 0 Å². The van der Waals surface area contributed by atoms with Crippen molar-refractivity contribution in [3.05, 3.63) is 101 Å². The fourth-order valence-electron chi connectivity index (χ4n) is 3.30. The van der Waals surface area contributed by atoms with E-state index in [1.54, 1.807) is 24.3 Å². The van der Waals surface area contributed by atoms with E-state index >= 15 is 0 Å². The van der Waals surface area contributed by atoms with Crippen molar-refractivity contribution in [1.29, 1.82) is 0 Å². The molecule has 4 nitrogen and oxygen atoms in total. The first-order valence-corrected chi connectivity index (χ1v) is 9.82. The number of hydrogen-bond donors (Lipinski definition) is 2. The summed E-state index contributed by atoms with van der Waals surface area (Å²) in [7, 11) is 0. The van der Waals surface area contributed by atoms with Gasteiger partial charge in [0, 0.05) is 22.4 Å². The summed E-state index contributed by atoms with van der Waals surface area (Å²) >= 11 is 0. The lowest BCUT2D eigenvalue weighted by Gasteiger charge is -2.21. The average Bonchev–Trinajstić information content (AvgIpc) is 2.73. The van der Waals surface area contributed by atoms with Gasteiger partial charge in [-0.15, -0.1) is 0 Å². The van der Waals surface area contributed by atoms with E-state index < -0.39 is 0 Å². The van der Waals surface area contributed by atoms with Crippen LogP contribution in [0.2, 0.25) is 0 Å². The van der Waals surface area contributed by atoms with Gasteiger partial charge >= 0.3 is 0 Å². The number of nitrogens with two attached hydrogens (primary N) is 1. The number of benzene rings is 3. The predicted octanol–water partition coefficient (Wildman–Crippen LogP) is 3.88. The third-order valence-electron chi connectivity index (χ3n) is 5.03. The second-order valence-corrected chi connectivity index (χ2v) is 7.41. The van der Waals surface area contributed by atoms with Crippen molar-refractivity contribution in [2.24, 2.45) is 0 Å². The van der Waals surface area contributed by atoms with Crippen molar-refractivity contribution in [2.45, 2.75) is 32.9 Å². The maximum Gasteiger partial charge on any atom is 0.282 e. The van der Waals surface area contributed by atoms with Crippen LogP contribution in [0.1, 0.15) is 46.9 Å². The van der Waals surface area contributed by atoms with E-state index in [4.69, 9.17) is 0 Å². The summed E-state index contributed by atoms with van der Waals surface area (Å²) in [5, 5.41) is 5.01.